The number of halogens is 2. The zero-order valence-electron chi connectivity index (χ0n) is 15.7. The van der Waals surface area contributed by atoms with E-state index in [4.69, 9.17) is 9.84 Å². The maximum Gasteiger partial charge on any atom is 0.341 e. The van der Waals surface area contributed by atoms with E-state index < -0.39 is 17.6 Å². The third kappa shape index (κ3) is 5.52. The summed E-state index contributed by atoms with van der Waals surface area (Å²) in [6, 6.07) is 11.4. The van der Waals surface area contributed by atoms with E-state index >= 15 is 0 Å². The highest BCUT2D eigenvalue weighted by atomic mass is 19.1. The molecular formula is C22H25F2NO3. The first-order valence-corrected chi connectivity index (χ1v) is 9.60. The van der Waals surface area contributed by atoms with Crippen LogP contribution in [-0.2, 0) is 17.8 Å². The van der Waals surface area contributed by atoms with Crippen molar-refractivity contribution in [2.45, 2.75) is 32.2 Å². The summed E-state index contributed by atoms with van der Waals surface area (Å²) in [5, 5.41) is 8.83. The molecular weight excluding hydrogens is 364 g/mol. The lowest BCUT2D eigenvalue weighted by Gasteiger charge is -2.33. The second-order valence-electron chi connectivity index (χ2n) is 7.27. The number of hydrogen-bond donors (Lipinski definition) is 1. The second kappa shape index (κ2) is 9.64. The minimum Gasteiger partial charge on any atom is -0.482 e. The molecule has 6 heteroatoms. The number of carbonyl (C=O) groups is 1. The summed E-state index contributed by atoms with van der Waals surface area (Å²) in [5.41, 5.74) is 1.12. The van der Waals surface area contributed by atoms with Crippen LogP contribution in [0.3, 0.4) is 0 Å². The van der Waals surface area contributed by atoms with Gasteiger partial charge in [-0.1, -0.05) is 24.3 Å². The number of para-hydroxylation sites is 1. The van der Waals surface area contributed by atoms with Crippen molar-refractivity contribution in [2.75, 3.05) is 19.7 Å². The van der Waals surface area contributed by atoms with Gasteiger partial charge in [0, 0.05) is 24.2 Å². The molecule has 2 aromatic carbocycles. The summed E-state index contributed by atoms with van der Waals surface area (Å²) in [7, 11) is 0. The number of nitrogens with zero attached hydrogens (tertiary/aromatic N) is 1. The van der Waals surface area contributed by atoms with E-state index in [1.54, 1.807) is 6.07 Å². The number of carboxylic acid groups (broad SMARTS) is 1. The molecule has 0 amide bonds. The van der Waals surface area contributed by atoms with Crippen LogP contribution in [0.2, 0.25) is 0 Å². The molecule has 2 aromatic rings. The number of rotatable bonds is 8. The lowest BCUT2D eigenvalue weighted by molar-refractivity contribution is -0.139. The number of piperidine rings is 1. The fourth-order valence-electron chi connectivity index (χ4n) is 3.81. The van der Waals surface area contributed by atoms with Crippen molar-refractivity contribution >= 4 is 5.97 Å². The molecule has 1 fully saturated rings. The van der Waals surface area contributed by atoms with Gasteiger partial charge in [-0.25, -0.2) is 13.6 Å². The molecule has 1 atom stereocenters. The van der Waals surface area contributed by atoms with Gasteiger partial charge in [-0.2, -0.15) is 0 Å². The molecule has 0 spiro atoms. The third-order valence-electron chi connectivity index (χ3n) is 5.19. The molecule has 1 saturated heterocycles. The maximum absolute atomic E-state index is 13.8. The van der Waals surface area contributed by atoms with Gasteiger partial charge in [0.05, 0.1) is 0 Å². The molecule has 150 valence electrons. The molecule has 0 unspecified atom stereocenters. The number of aliphatic carboxylic acids is 1. The summed E-state index contributed by atoms with van der Waals surface area (Å²) in [4.78, 5) is 13.1. The zero-order chi connectivity index (χ0) is 19.9. The molecule has 1 heterocycles. The highest BCUT2D eigenvalue weighted by Gasteiger charge is 2.22. The van der Waals surface area contributed by atoms with E-state index in [9.17, 15) is 13.6 Å². The van der Waals surface area contributed by atoms with Crippen molar-refractivity contribution < 1.29 is 23.4 Å². The molecule has 3 rings (SSSR count). The quantitative estimate of drug-likeness (QED) is 0.732. The predicted molar refractivity (Wildman–Crippen MR) is 102 cm³/mol. The first-order valence-electron chi connectivity index (χ1n) is 9.60. The Hall–Kier alpha value is -2.47. The molecule has 0 bridgehead atoms. The van der Waals surface area contributed by atoms with Crippen molar-refractivity contribution in [3.05, 3.63) is 65.2 Å². The van der Waals surface area contributed by atoms with Gasteiger partial charge in [-0.15, -0.1) is 0 Å². The van der Waals surface area contributed by atoms with Gasteiger partial charge in [0.1, 0.15) is 17.4 Å². The van der Waals surface area contributed by atoms with Gasteiger partial charge < -0.3 is 9.84 Å². The zero-order valence-corrected chi connectivity index (χ0v) is 15.7. The summed E-state index contributed by atoms with van der Waals surface area (Å²) >= 11 is 0. The van der Waals surface area contributed by atoms with Gasteiger partial charge >= 0.3 is 5.97 Å². The standard InChI is InChI=1S/C22H25F2NO3/c23-19-7-3-8-20(24)18(19)11-10-16-5-4-12-25(13-16)14-17-6-1-2-9-21(17)28-15-22(26)27/h1-3,6-9,16H,4-5,10-15H2,(H,26,27)/t16-/m1/s1. The Bertz CT molecular complexity index is 792. The van der Waals surface area contributed by atoms with Crippen LogP contribution in [-0.4, -0.2) is 35.7 Å². The first kappa shape index (κ1) is 20.3. The Morgan fingerprint density at radius 1 is 1.14 bits per heavy atom. The SMILES string of the molecule is O=C(O)COc1ccccc1CN1CCC[C@H](CCc2c(F)cccc2F)C1. The molecule has 1 N–H and O–H groups in total. The molecule has 4 nitrogen and oxygen atoms in total. The fourth-order valence-corrected chi connectivity index (χ4v) is 3.81. The Kier molecular flexibility index (Phi) is 6.98. The molecule has 1 aliphatic heterocycles. The van der Waals surface area contributed by atoms with Crippen LogP contribution >= 0.6 is 0 Å². The van der Waals surface area contributed by atoms with E-state index in [2.05, 4.69) is 4.90 Å². The smallest absolute Gasteiger partial charge is 0.341 e. The topological polar surface area (TPSA) is 49.8 Å². The molecule has 0 aromatic heterocycles. The van der Waals surface area contributed by atoms with Crippen LogP contribution in [0.5, 0.6) is 5.75 Å². The average Bonchev–Trinajstić information content (AvgIpc) is 2.67. The van der Waals surface area contributed by atoms with E-state index in [-0.39, 0.29) is 12.2 Å². The number of carboxylic acids is 1. The minimum atomic E-state index is -1.01. The molecule has 0 saturated carbocycles. The normalized spacial score (nSPS) is 17.4. The lowest BCUT2D eigenvalue weighted by atomic mass is 9.91. The Balaban J connectivity index is 1.57. The third-order valence-corrected chi connectivity index (χ3v) is 5.19. The molecule has 0 aliphatic carbocycles. The minimum absolute atomic E-state index is 0.173. The number of benzene rings is 2. The van der Waals surface area contributed by atoms with Crippen molar-refractivity contribution in [1.82, 2.24) is 4.90 Å². The predicted octanol–water partition coefficient (Wildman–Crippen LogP) is 4.27. The maximum atomic E-state index is 13.8. The first-order chi connectivity index (χ1) is 13.5. The van der Waals surface area contributed by atoms with E-state index in [1.165, 1.54) is 18.2 Å². The number of likely N-dealkylation sites (tertiary alicyclic amines) is 1. The number of ether oxygens (including phenoxy) is 1. The van der Waals surface area contributed by atoms with Crippen molar-refractivity contribution in [3.8, 4) is 5.75 Å². The van der Waals surface area contributed by atoms with Crippen LogP contribution in [0.4, 0.5) is 8.78 Å². The van der Waals surface area contributed by atoms with Gasteiger partial charge in [-0.05, 0) is 56.3 Å². The van der Waals surface area contributed by atoms with Crippen LogP contribution in [0.15, 0.2) is 42.5 Å². The van der Waals surface area contributed by atoms with Crippen LogP contribution in [0.1, 0.15) is 30.4 Å². The highest BCUT2D eigenvalue weighted by Crippen LogP contribution is 2.26. The van der Waals surface area contributed by atoms with Crippen LogP contribution in [0.25, 0.3) is 0 Å². The number of hydrogen-bond acceptors (Lipinski definition) is 3. The van der Waals surface area contributed by atoms with Crippen molar-refractivity contribution in [2.24, 2.45) is 5.92 Å². The van der Waals surface area contributed by atoms with Gasteiger partial charge in [0.2, 0.25) is 0 Å². The summed E-state index contributed by atoms with van der Waals surface area (Å²) in [6.45, 7) is 2.09. The van der Waals surface area contributed by atoms with Gasteiger partial charge in [-0.3, -0.25) is 4.90 Å². The average molecular weight is 389 g/mol. The highest BCUT2D eigenvalue weighted by molar-refractivity contribution is 5.68. The van der Waals surface area contributed by atoms with Crippen LogP contribution < -0.4 is 4.74 Å². The largest absolute Gasteiger partial charge is 0.482 e. The Morgan fingerprint density at radius 2 is 1.89 bits per heavy atom. The van der Waals surface area contributed by atoms with Crippen molar-refractivity contribution in [3.63, 3.8) is 0 Å². The molecule has 28 heavy (non-hydrogen) atoms. The second-order valence-corrected chi connectivity index (χ2v) is 7.27. The van der Waals surface area contributed by atoms with E-state index in [0.29, 0.717) is 24.6 Å². The monoisotopic (exact) mass is 389 g/mol. The van der Waals surface area contributed by atoms with Crippen molar-refractivity contribution in [1.29, 1.82) is 0 Å². The van der Waals surface area contributed by atoms with Crippen LogP contribution in [0, 0.1) is 17.6 Å². The fraction of sp³-hybridized carbons (Fsp3) is 0.409. The molecule has 0 radical (unpaired) electrons. The summed E-state index contributed by atoms with van der Waals surface area (Å²) in [5.74, 6) is -0.997. The summed E-state index contributed by atoms with van der Waals surface area (Å²) < 4.78 is 33.1. The Morgan fingerprint density at radius 3 is 2.64 bits per heavy atom. The Labute approximate surface area is 163 Å². The van der Waals surface area contributed by atoms with E-state index in [1.807, 2.05) is 18.2 Å². The van der Waals surface area contributed by atoms with E-state index in [0.717, 1.165) is 37.9 Å². The lowest BCUT2D eigenvalue weighted by Crippen LogP contribution is -2.35. The summed E-state index contributed by atoms with van der Waals surface area (Å²) in [6.07, 6.45) is 3.22. The molecule has 1 aliphatic rings. The van der Waals surface area contributed by atoms with Gasteiger partial charge in [0.25, 0.3) is 0 Å². The van der Waals surface area contributed by atoms with Gasteiger partial charge in [0.15, 0.2) is 6.61 Å².